The molecule has 3 unspecified atom stereocenters. The van der Waals surface area contributed by atoms with Crippen LogP contribution in [-0.4, -0.2) is 76.1 Å². The molecule has 2 aromatic rings. The molecular formula is C26H39ClN7O8P. The summed E-state index contributed by atoms with van der Waals surface area (Å²) in [6, 6.07) is 6.05. The number of hydrogen-bond acceptors (Lipinski definition) is 14. The Hall–Kier alpha value is -2.91. The van der Waals surface area contributed by atoms with E-state index >= 15 is 0 Å². The number of benzene rings is 1. The van der Waals surface area contributed by atoms with Gasteiger partial charge in [-0.3, -0.25) is 9.32 Å². The molecule has 2 aliphatic rings. The third-order valence-electron chi connectivity index (χ3n) is 6.98. The fraction of sp³-hybridized carbons (Fsp3) is 0.577. The summed E-state index contributed by atoms with van der Waals surface area (Å²) in [5, 5.41) is 26.7. The predicted octanol–water partition coefficient (Wildman–Crippen LogP) is 2.63. The van der Waals surface area contributed by atoms with E-state index in [4.69, 9.17) is 41.6 Å². The second-order valence-corrected chi connectivity index (χ2v) is 12.9. The van der Waals surface area contributed by atoms with Gasteiger partial charge in [0.25, 0.3) is 0 Å². The smallest absolute Gasteiger partial charge is 0.459 e. The van der Waals surface area contributed by atoms with Crippen molar-refractivity contribution in [3.05, 3.63) is 29.3 Å². The Balaban J connectivity index is 1.54. The highest BCUT2D eigenvalue weighted by Crippen LogP contribution is 2.47. The summed E-state index contributed by atoms with van der Waals surface area (Å²) in [6.07, 6.45) is -0.669. The maximum absolute atomic E-state index is 14.2. The summed E-state index contributed by atoms with van der Waals surface area (Å²) in [4.78, 5) is 22.9. The van der Waals surface area contributed by atoms with Gasteiger partial charge in [-0.2, -0.15) is 15.1 Å². The van der Waals surface area contributed by atoms with Crippen LogP contribution in [-0.2, 0) is 23.4 Å². The summed E-state index contributed by atoms with van der Waals surface area (Å²) in [7, 11) is -4.36. The first-order valence-electron chi connectivity index (χ1n) is 13.9. The number of esters is 1. The molecule has 238 valence electrons. The van der Waals surface area contributed by atoms with E-state index in [0.29, 0.717) is 22.9 Å². The molecule has 15 nitrogen and oxygen atoms in total. The summed E-state index contributed by atoms with van der Waals surface area (Å²) in [5.74, 6) is 0.0558. The molecule has 0 spiro atoms. The SMILES string of the molecule is CCC(OC(COP(=O)(NC(C)(C)C(=O)OC1CCC1)Oc1ccc(Cl)cc1)[C@@H](O)CO)N1CNc2c(N)nc(N)nc21. The molecule has 1 fully saturated rings. The summed E-state index contributed by atoms with van der Waals surface area (Å²) in [5.41, 5.74) is 10.8. The average molecular weight is 644 g/mol. The largest absolute Gasteiger partial charge is 0.461 e. The zero-order valence-electron chi connectivity index (χ0n) is 24.2. The summed E-state index contributed by atoms with van der Waals surface area (Å²) >= 11 is 5.99. The van der Waals surface area contributed by atoms with Crippen molar-refractivity contribution in [3.63, 3.8) is 0 Å². The second-order valence-electron chi connectivity index (χ2n) is 10.8. The van der Waals surface area contributed by atoms with Crippen LogP contribution in [0.3, 0.4) is 0 Å². The molecule has 0 saturated heterocycles. The number of hydrogen-bond donors (Lipinski definition) is 6. The molecule has 1 aromatic heterocycles. The molecule has 0 amide bonds. The molecule has 1 aliphatic heterocycles. The number of nitrogens with zero attached hydrogens (tertiary/aromatic N) is 3. The molecule has 17 heteroatoms. The Labute approximate surface area is 254 Å². The number of fused-ring (bicyclic) bond motifs is 1. The van der Waals surface area contributed by atoms with E-state index in [2.05, 4.69) is 20.4 Å². The first-order chi connectivity index (χ1) is 20.3. The van der Waals surface area contributed by atoms with Crippen molar-refractivity contribution in [1.29, 1.82) is 0 Å². The van der Waals surface area contributed by atoms with Crippen LogP contribution in [0.15, 0.2) is 24.3 Å². The monoisotopic (exact) mass is 643 g/mol. The third kappa shape index (κ3) is 8.18. The van der Waals surface area contributed by atoms with E-state index in [0.717, 1.165) is 19.3 Å². The number of carbonyl (C=O) groups is 1. The number of anilines is 4. The Bertz CT molecular complexity index is 1320. The van der Waals surface area contributed by atoms with Gasteiger partial charge in [0.15, 0.2) is 11.6 Å². The van der Waals surface area contributed by atoms with Gasteiger partial charge in [0, 0.05) is 5.02 Å². The molecule has 1 aromatic carbocycles. The van der Waals surface area contributed by atoms with Gasteiger partial charge in [-0.15, -0.1) is 0 Å². The number of nitrogens with one attached hydrogen (secondary N) is 2. The van der Waals surface area contributed by atoms with Gasteiger partial charge in [-0.25, -0.2) is 4.57 Å². The highest BCUT2D eigenvalue weighted by atomic mass is 35.5. The molecule has 2 heterocycles. The van der Waals surface area contributed by atoms with Gasteiger partial charge in [0.2, 0.25) is 5.95 Å². The number of carbonyl (C=O) groups excluding carboxylic acids is 1. The lowest BCUT2D eigenvalue weighted by atomic mass is 9.96. The van der Waals surface area contributed by atoms with Crippen LogP contribution in [0.1, 0.15) is 46.5 Å². The molecule has 1 aliphatic carbocycles. The summed E-state index contributed by atoms with van der Waals surface area (Å²) in [6.45, 7) is 3.89. The lowest BCUT2D eigenvalue weighted by Gasteiger charge is -2.35. The normalized spacial score (nSPS) is 18.5. The number of aliphatic hydroxyl groups is 2. The lowest BCUT2D eigenvalue weighted by molar-refractivity contribution is -0.159. The minimum atomic E-state index is -4.36. The fourth-order valence-corrected chi connectivity index (χ4v) is 6.16. The van der Waals surface area contributed by atoms with Crippen molar-refractivity contribution in [1.82, 2.24) is 15.1 Å². The average Bonchev–Trinajstić information content (AvgIpc) is 3.35. The highest BCUT2D eigenvalue weighted by molar-refractivity contribution is 7.52. The molecule has 4 rings (SSSR count). The van der Waals surface area contributed by atoms with E-state index in [1.54, 1.807) is 4.90 Å². The molecule has 1 saturated carbocycles. The van der Waals surface area contributed by atoms with Gasteiger partial charge < -0.3 is 45.9 Å². The number of rotatable bonds is 15. The zero-order valence-corrected chi connectivity index (χ0v) is 25.9. The summed E-state index contributed by atoms with van der Waals surface area (Å²) < 4.78 is 37.4. The third-order valence-corrected chi connectivity index (χ3v) is 9.00. The van der Waals surface area contributed by atoms with Crippen LogP contribution in [0.5, 0.6) is 5.75 Å². The molecule has 4 atom stereocenters. The minimum absolute atomic E-state index is 0.0279. The molecule has 0 bridgehead atoms. The van der Waals surface area contributed by atoms with Crippen LogP contribution in [0, 0.1) is 0 Å². The van der Waals surface area contributed by atoms with Gasteiger partial charge >= 0.3 is 13.7 Å². The van der Waals surface area contributed by atoms with Crippen molar-refractivity contribution in [2.75, 3.05) is 41.6 Å². The van der Waals surface area contributed by atoms with E-state index in [-0.39, 0.29) is 30.3 Å². The maximum atomic E-state index is 14.2. The number of nitrogen functional groups attached to an aromatic ring is 2. The van der Waals surface area contributed by atoms with Gasteiger partial charge in [-0.05, 0) is 63.8 Å². The van der Waals surface area contributed by atoms with E-state index in [9.17, 15) is 19.6 Å². The predicted molar refractivity (Wildman–Crippen MR) is 160 cm³/mol. The van der Waals surface area contributed by atoms with Crippen molar-refractivity contribution < 1.29 is 38.1 Å². The Kier molecular flexibility index (Phi) is 10.6. The first kappa shape index (κ1) is 33.0. The molecule has 43 heavy (non-hydrogen) atoms. The van der Waals surface area contributed by atoms with Crippen LogP contribution < -0.4 is 31.3 Å². The molecule has 8 N–H and O–H groups in total. The number of aromatic nitrogens is 2. The van der Waals surface area contributed by atoms with Crippen LogP contribution in [0.25, 0.3) is 0 Å². The highest BCUT2D eigenvalue weighted by Gasteiger charge is 2.43. The molecular weight excluding hydrogens is 605 g/mol. The maximum Gasteiger partial charge on any atom is 0.459 e. The van der Waals surface area contributed by atoms with E-state index in [1.165, 1.54) is 38.1 Å². The van der Waals surface area contributed by atoms with Crippen LogP contribution >= 0.6 is 19.3 Å². The Morgan fingerprint density at radius 3 is 2.58 bits per heavy atom. The number of halogens is 1. The van der Waals surface area contributed by atoms with Crippen molar-refractivity contribution in [2.45, 2.75) is 76.5 Å². The number of ether oxygens (including phenoxy) is 2. The quantitative estimate of drug-likeness (QED) is 0.121. The molecule has 0 radical (unpaired) electrons. The van der Waals surface area contributed by atoms with Crippen LogP contribution in [0.2, 0.25) is 5.02 Å². The van der Waals surface area contributed by atoms with Gasteiger partial charge in [0.1, 0.15) is 41.5 Å². The van der Waals surface area contributed by atoms with E-state index < -0.39 is 50.9 Å². The van der Waals surface area contributed by atoms with Crippen molar-refractivity contribution in [3.8, 4) is 5.75 Å². The fourth-order valence-electron chi connectivity index (χ4n) is 4.35. The minimum Gasteiger partial charge on any atom is -0.461 e. The zero-order chi connectivity index (χ0) is 31.4. The van der Waals surface area contributed by atoms with Crippen LogP contribution in [0.4, 0.5) is 23.3 Å². The van der Waals surface area contributed by atoms with Gasteiger partial charge in [0.05, 0.1) is 19.9 Å². The van der Waals surface area contributed by atoms with Crippen molar-refractivity contribution >= 4 is 48.6 Å². The van der Waals surface area contributed by atoms with E-state index in [1.807, 2.05) is 6.92 Å². The first-order valence-corrected chi connectivity index (χ1v) is 15.8. The lowest BCUT2D eigenvalue weighted by Crippen LogP contribution is -2.49. The number of nitrogens with two attached hydrogens (primary N) is 2. The Morgan fingerprint density at radius 2 is 1.98 bits per heavy atom. The Morgan fingerprint density at radius 1 is 1.28 bits per heavy atom. The second kappa shape index (κ2) is 13.8. The van der Waals surface area contributed by atoms with Crippen molar-refractivity contribution in [2.24, 2.45) is 0 Å². The number of aliphatic hydroxyl groups excluding tert-OH is 2. The topological polar surface area (TPSA) is 217 Å². The standard InChI is InChI=1S/C26H39ClN7O8P/c1-4-20(34-14-30-21-22(28)31-25(29)32-23(21)34)41-19(18(36)12-35)13-39-43(38,42-17-10-8-15(27)9-11-17)33-26(2,3)24(37)40-16-6-5-7-16/h8-11,16,18-20,30,35-36H,4-7,12-14H2,1-3H3,(H,33,38)(H4,28,29,31,32)/t18-,19?,20?,43?/m0/s1. The van der Waals surface area contributed by atoms with Gasteiger partial charge in [-0.1, -0.05) is 18.5 Å².